The first kappa shape index (κ1) is 16.2. The summed E-state index contributed by atoms with van der Waals surface area (Å²) in [5.74, 6) is 0.573. The van der Waals surface area contributed by atoms with Gasteiger partial charge in [0.1, 0.15) is 0 Å². The molecule has 0 aliphatic rings. The highest BCUT2D eigenvalue weighted by molar-refractivity contribution is 5.19. The van der Waals surface area contributed by atoms with E-state index < -0.39 is 0 Å². The van der Waals surface area contributed by atoms with Crippen molar-refractivity contribution in [1.29, 1.82) is 0 Å². The van der Waals surface area contributed by atoms with E-state index in [0.29, 0.717) is 12.0 Å². The molecule has 0 bridgehead atoms. The highest BCUT2D eigenvalue weighted by Gasteiger charge is 2.14. The SMILES string of the molecule is CC(C)[C@@H](NCCOCCN(C)C)c1ccccc1. The summed E-state index contributed by atoms with van der Waals surface area (Å²) in [5, 5.41) is 3.58. The lowest BCUT2D eigenvalue weighted by atomic mass is 9.96. The molecule has 1 atom stereocenters. The molecule has 1 N–H and O–H groups in total. The third-order valence-electron chi connectivity index (χ3n) is 3.12. The van der Waals surface area contributed by atoms with Crippen LogP contribution >= 0.6 is 0 Å². The molecule has 0 unspecified atom stereocenters. The third kappa shape index (κ3) is 6.71. The molecule has 19 heavy (non-hydrogen) atoms. The van der Waals surface area contributed by atoms with E-state index in [4.69, 9.17) is 4.74 Å². The molecule has 0 aliphatic carbocycles. The predicted molar refractivity (Wildman–Crippen MR) is 81.4 cm³/mol. The van der Waals surface area contributed by atoms with Crippen LogP contribution in [0.15, 0.2) is 30.3 Å². The quantitative estimate of drug-likeness (QED) is 0.694. The Morgan fingerprint density at radius 3 is 2.37 bits per heavy atom. The van der Waals surface area contributed by atoms with Crippen molar-refractivity contribution in [2.75, 3.05) is 40.4 Å². The number of hydrogen-bond acceptors (Lipinski definition) is 3. The van der Waals surface area contributed by atoms with Crippen molar-refractivity contribution in [3.8, 4) is 0 Å². The smallest absolute Gasteiger partial charge is 0.0593 e. The van der Waals surface area contributed by atoms with Gasteiger partial charge in [0.05, 0.1) is 13.2 Å². The Bertz CT molecular complexity index is 325. The van der Waals surface area contributed by atoms with Gasteiger partial charge in [0, 0.05) is 19.1 Å². The number of rotatable bonds is 9. The Hall–Kier alpha value is -0.900. The maximum Gasteiger partial charge on any atom is 0.0593 e. The molecular formula is C16H28N2O. The van der Waals surface area contributed by atoms with Crippen LogP contribution in [0.4, 0.5) is 0 Å². The van der Waals surface area contributed by atoms with Crippen LogP contribution in [0.1, 0.15) is 25.5 Å². The molecule has 0 saturated carbocycles. The Balaban J connectivity index is 2.28. The Morgan fingerprint density at radius 1 is 1.11 bits per heavy atom. The normalized spacial score (nSPS) is 13.2. The molecule has 108 valence electrons. The van der Waals surface area contributed by atoms with Gasteiger partial charge in [0.25, 0.3) is 0 Å². The first-order chi connectivity index (χ1) is 9.11. The summed E-state index contributed by atoms with van der Waals surface area (Å²) in [6.45, 7) is 7.93. The van der Waals surface area contributed by atoms with Crippen LogP contribution in [0.5, 0.6) is 0 Å². The minimum atomic E-state index is 0.402. The Labute approximate surface area is 118 Å². The second kappa shape index (κ2) is 9.08. The molecule has 1 aromatic carbocycles. The standard InChI is InChI=1S/C16H28N2O/c1-14(2)16(15-8-6-5-7-9-15)17-10-12-19-13-11-18(3)4/h5-9,14,16-17H,10-13H2,1-4H3/t16-/m1/s1. The molecule has 1 rings (SSSR count). The van der Waals surface area contributed by atoms with Crippen LogP contribution in [-0.2, 0) is 4.74 Å². The van der Waals surface area contributed by atoms with E-state index in [0.717, 1.165) is 26.3 Å². The average Bonchev–Trinajstić information content (AvgIpc) is 2.38. The van der Waals surface area contributed by atoms with Crippen molar-refractivity contribution in [2.45, 2.75) is 19.9 Å². The van der Waals surface area contributed by atoms with Crippen molar-refractivity contribution >= 4 is 0 Å². The summed E-state index contributed by atoms with van der Waals surface area (Å²) < 4.78 is 5.61. The van der Waals surface area contributed by atoms with Crippen LogP contribution in [0.2, 0.25) is 0 Å². The summed E-state index contributed by atoms with van der Waals surface area (Å²) in [4.78, 5) is 2.13. The molecule has 0 amide bonds. The monoisotopic (exact) mass is 264 g/mol. The molecule has 0 heterocycles. The summed E-state index contributed by atoms with van der Waals surface area (Å²) in [6.07, 6.45) is 0. The second-order valence-electron chi connectivity index (χ2n) is 5.50. The Kier molecular flexibility index (Phi) is 7.72. The lowest BCUT2D eigenvalue weighted by Gasteiger charge is -2.23. The maximum atomic E-state index is 5.61. The minimum absolute atomic E-state index is 0.402. The van der Waals surface area contributed by atoms with E-state index in [-0.39, 0.29) is 0 Å². The molecular weight excluding hydrogens is 236 g/mol. The van der Waals surface area contributed by atoms with Crippen molar-refractivity contribution in [3.05, 3.63) is 35.9 Å². The van der Waals surface area contributed by atoms with Gasteiger partial charge in [-0.2, -0.15) is 0 Å². The molecule has 0 fully saturated rings. The van der Waals surface area contributed by atoms with Crippen molar-refractivity contribution in [3.63, 3.8) is 0 Å². The van der Waals surface area contributed by atoms with E-state index in [1.165, 1.54) is 5.56 Å². The van der Waals surface area contributed by atoms with Gasteiger partial charge in [-0.15, -0.1) is 0 Å². The summed E-state index contributed by atoms with van der Waals surface area (Å²) in [5.41, 5.74) is 1.35. The van der Waals surface area contributed by atoms with Gasteiger partial charge in [-0.25, -0.2) is 0 Å². The fourth-order valence-electron chi connectivity index (χ4n) is 2.03. The minimum Gasteiger partial charge on any atom is -0.379 e. The van der Waals surface area contributed by atoms with E-state index in [9.17, 15) is 0 Å². The van der Waals surface area contributed by atoms with E-state index >= 15 is 0 Å². The predicted octanol–water partition coefficient (Wildman–Crippen LogP) is 2.55. The van der Waals surface area contributed by atoms with Gasteiger partial charge >= 0.3 is 0 Å². The molecule has 0 saturated heterocycles. The molecule has 3 nitrogen and oxygen atoms in total. The number of benzene rings is 1. The number of nitrogens with zero attached hydrogens (tertiary/aromatic N) is 1. The van der Waals surface area contributed by atoms with Gasteiger partial charge < -0.3 is 15.0 Å². The molecule has 0 spiro atoms. The van der Waals surface area contributed by atoms with Crippen molar-refractivity contribution in [1.82, 2.24) is 10.2 Å². The van der Waals surface area contributed by atoms with E-state index in [2.05, 4.69) is 68.5 Å². The molecule has 3 heteroatoms. The number of nitrogens with one attached hydrogen (secondary N) is 1. The first-order valence-electron chi connectivity index (χ1n) is 7.12. The van der Waals surface area contributed by atoms with Crippen LogP contribution in [0, 0.1) is 5.92 Å². The topological polar surface area (TPSA) is 24.5 Å². The van der Waals surface area contributed by atoms with Crippen LogP contribution in [0.25, 0.3) is 0 Å². The molecule has 1 aromatic rings. The number of likely N-dealkylation sites (N-methyl/N-ethyl adjacent to an activating group) is 1. The van der Waals surface area contributed by atoms with Gasteiger partial charge in [0.15, 0.2) is 0 Å². The van der Waals surface area contributed by atoms with Crippen LogP contribution < -0.4 is 5.32 Å². The fraction of sp³-hybridized carbons (Fsp3) is 0.625. The average molecular weight is 264 g/mol. The maximum absolute atomic E-state index is 5.61. The lowest BCUT2D eigenvalue weighted by Crippen LogP contribution is -2.29. The summed E-state index contributed by atoms with van der Waals surface area (Å²) in [7, 11) is 4.12. The van der Waals surface area contributed by atoms with Gasteiger partial charge in [-0.3, -0.25) is 0 Å². The second-order valence-corrected chi connectivity index (χ2v) is 5.50. The Morgan fingerprint density at radius 2 is 1.79 bits per heavy atom. The fourth-order valence-corrected chi connectivity index (χ4v) is 2.03. The molecule has 0 aliphatic heterocycles. The first-order valence-corrected chi connectivity index (χ1v) is 7.12. The van der Waals surface area contributed by atoms with Crippen molar-refractivity contribution in [2.24, 2.45) is 5.92 Å². The van der Waals surface area contributed by atoms with Gasteiger partial charge in [-0.05, 0) is 25.6 Å². The summed E-state index contributed by atoms with van der Waals surface area (Å²) >= 11 is 0. The van der Waals surface area contributed by atoms with E-state index in [1.54, 1.807) is 0 Å². The van der Waals surface area contributed by atoms with Gasteiger partial charge in [-0.1, -0.05) is 44.2 Å². The zero-order valence-corrected chi connectivity index (χ0v) is 12.7. The highest BCUT2D eigenvalue weighted by atomic mass is 16.5. The third-order valence-corrected chi connectivity index (χ3v) is 3.12. The molecule has 0 radical (unpaired) electrons. The van der Waals surface area contributed by atoms with Gasteiger partial charge in [0.2, 0.25) is 0 Å². The lowest BCUT2D eigenvalue weighted by molar-refractivity contribution is 0.116. The highest BCUT2D eigenvalue weighted by Crippen LogP contribution is 2.20. The number of ether oxygens (including phenoxy) is 1. The summed E-state index contributed by atoms with van der Waals surface area (Å²) in [6, 6.07) is 11.0. The zero-order chi connectivity index (χ0) is 14.1. The largest absolute Gasteiger partial charge is 0.379 e. The van der Waals surface area contributed by atoms with Crippen LogP contribution in [-0.4, -0.2) is 45.3 Å². The molecule has 0 aromatic heterocycles. The number of hydrogen-bond donors (Lipinski definition) is 1. The van der Waals surface area contributed by atoms with Crippen LogP contribution in [0.3, 0.4) is 0 Å². The van der Waals surface area contributed by atoms with E-state index in [1.807, 2.05) is 0 Å². The zero-order valence-electron chi connectivity index (χ0n) is 12.7. The van der Waals surface area contributed by atoms with Crippen molar-refractivity contribution < 1.29 is 4.74 Å².